The largest absolute Gasteiger partial charge is 0.333 e. The van der Waals surface area contributed by atoms with Gasteiger partial charge in [0.25, 0.3) is 0 Å². The van der Waals surface area contributed by atoms with Crippen molar-refractivity contribution in [2.24, 2.45) is 5.73 Å². The second-order valence-electron chi connectivity index (χ2n) is 4.87. The van der Waals surface area contributed by atoms with E-state index in [4.69, 9.17) is 5.73 Å². The summed E-state index contributed by atoms with van der Waals surface area (Å²) in [6.45, 7) is 2.82. The Hall–Kier alpha value is -1.50. The quantitative estimate of drug-likeness (QED) is 0.676. The fraction of sp³-hybridized carbons (Fsp3) is 0.250. The van der Waals surface area contributed by atoms with Crippen molar-refractivity contribution in [2.75, 3.05) is 12.3 Å². The standard InChI is InChI=1S/C16H18N4S2/c1-11-14(18-8-6-15(11)21-9-7-17)10-22-16-19-12-4-2-3-5-13(12)20-16/h2-6,8H,7,9-10,17H2,1H3,(H,19,20). The normalized spacial score (nSPS) is 11.2. The van der Waals surface area contributed by atoms with E-state index >= 15 is 0 Å². The third-order valence-electron chi connectivity index (χ3n) is 3.35. The molecule has 22 heavy (non-hydrogen) atoms. The number of aromatic nitrogens is 3. The van der Waals surface area contributed by atoms with Crippen LogP contribution >= 0.6 is 23.5 Å². The molecule has 3 rings (SSSR count). The summed E-state index contributed by atoms with van der Waals surface area (Å²) in [5.74, 6) is 1.74. The number of thioether (sulfide) groups is 2. The number of hydrogen-bond donors (Lipinski definition) is 2. The zero-order valence-corrected chi connectivity index (χ0v) is 14.0. The number of aromatic amines is 1. The number of benzene rings is 1. The maximum absolute atomic E-state index is 5.58. The molecule has 0 aliphatic rings. The Morgan fingerprint density at radius 1 is 1.18 bits per heavy atom. The molecule has 0 bridgehead atoms. The monoisotopic (exact) mass is 330 g/mol. The van der Waals surface area contributed by atoms with Crippen molar-refractivity contribution < 1.29 is 0 Å². The Bertz CT molecular complexity index is 737. The van der Waals surface area contributed by atoms with Crippen LogP contribution in [-0.2, 0) is 5.75 Å². The Labute approximate surface area is 138 Å². The van der Waals surface area contributed by atoms with E-state index in [1.807, 2.05) is 30.5 Å². The molecule has 0 saturated heterocycles. The summed E-state index contributed by atoms with van der Waals surface area (Å²) in [6, 6.07) is 10.1. The molecule has 114 valence electrons. The lowest BCUT2D eigenvalue weighted by Gasteiger charge is -2.08. The summed E-state index contributed by atoms with van der Waals surface area (Å²) in [5.41, 5.74) is 10.0. The van der Waals surface area contributed by atoms with Crippen LogP contribution in [0.5, 0.6) is 0 Å². The number of nitrogens with zero attached hydrogens (tertiary/aromatic N) is 2. The number of nitrogens with one attached hydrogen (secondary N) is 1. The Morgan fingerprint density at radius 3 is 2.86 bits per heavy atom. The van der Waals surface area contributed by atoms with Gasteiger partial charge in [-0.15, -0.1) is 11.8 Å². The molecule has 3 N–H and O–H groups in total. The first-order valence-electron chi connectivity index (χ1n) is 7.13. The third-order valence-corrected chi connectivity index (χ3v) is 5.43. The van der Waals surface area contributed by atoms with Crippen LogP contribution in [0.25, 0.3) is 11.0 Å². The molecule has 3 aromatic rings. The van der Waals surface area contributed by atoms with Gasteiger partial charge in [-0.2, -0.15) is 0 Å². The second-order valence-corrected chi connectivity index (χ2v) is 6.97. The van der Waals surface area contributed by atoms with Gasteiger partial charge < -0.3 is 10.7 Å². The van der Waals surface area contributed by atoms with E-state index in [-0.39, 0.29) is 0 Å². The van der Waals surface area contributed by atoms with Crippen molar-refractivity contribution in [1.82, 2.24) is 15.0 Å². The number of para-hydroxylation sites is 2. The topological polar surface area (TPSA) is 67.6 Å². The van der Waals surface area contributed by atoms with E-state index in [0.29, 0.717) is 6.54 Å². The molecule has 0 unspecified atom stereocenters. The van der Waals surface area contributed by atoms with Gasteiger partial charge in [0.2, 0.25) is 0 Å². The molecule has 1 aromatic carbocycles. The average Bonchev–Trinajstić information content (AvgIpc) is 2.95. The van der Waals surface area contributed by atoms with E-state index in [1.54, 1.807) is 23.5 Å². The van der Waals surface area contributed by atoms with Crippen LogP contribution < -0.4 is 5.73 Å². The van der Waals surface area contributed by atoms with Crippen molar-refractivity contribution in [2.45, 2.75) is 22.7 Å². The first-order valence-corrected chi connectivity index (χ1v) is 9.10. The maximum Gasteiger partial charge on any atom is 0.166 e. The molecule has 0 aliphatic heterocycles. The van der Waals surface area contributed by atoms with Gasteiger partial charge in [-0.1, -0.05) is 23.9 Å². The van der Waals surface area contributed by atoms with Crippen LogP contribution in [0, 0.1) is 6.92 Å². The molecule has 0 atom stereocenters. The number of rotatable bonds is 6. The predicted molar refractivity (Wildman–Crippen MR) is 94.4 cm³/mol. The Kier molecular flexibility index (Phi) is 5.02. The fourth-order valence-electron chi connectivity index (χ4n) is 2.16. The van der Waals surface area contributed by atoms with Gasteiger partial charge in [-0.3, -0.25) is 4.98 Å². The maximum atomic E-state index is 5.58. The van der Waals surface area contributed by atoms with E-state index in [9.17, 15) is 0 Å². The lowest BCUT2D eigenvalue weighted by molar-refractivity contribution is 1.05. The molecular weight excluding hydrogens is 312 g/mol. The van der Waals surface area contributed by atoms with Crippen LogP contribution in [0.4, 0.5) is 0 Å². The number of imidazole rings is 1. The molecule has 2 heterocycles. The third kappa shape index (κ3) is 3.45. The van der Waals surface area contributed by atoms with Gasteiger partial charge in [0, 0.05) is 29.1 Å². The van der Waals surface area contributed by atoms with Crippen LogP contribution in [-0.4, -0.2) is 27.2 Å². The van der Waals surface area contributed by atoms with Crippen LogP contribution in [0.3, 0.4) is 0 Å². The van der Waals surface area contributed by atoms with Crippen molar-refractivity contribution in [3.8, 4) is 0 Å². The highest BCUT2D eigenvalue weighted by atomic mass is 32.2. The van der Waals surface area contributed by atoms with Gasteiger partial charge in [0.15, 0.2) is 5.16 Å². The summed E-state index contributed by atoms with van der Waals surface area (Å²) in [7, 11) is 0. The molecule has 0 amide bonds. The molecule has 6 heteroatoms. The van der Waals surface area contributed by atoms with Crippen LogP contribution in [0.2, 0.25) is 0 Å². The Balaban J connectivity index is 1.73. The van der Waals surface area contributed by atoms with Crippen molar-refractivity contribution >= 4 is 34.6 Å². The highest BCUT2D eigenvalue weighted by Gasteiger charge is 2.08. The van der Waals surface area contributed by atoms with Crippen molar-refractivity contribution in [1.29, 1.82) is 0 Å². The molecule has 4 nitrogen and oxygen atoms in total. The Morgan fingerprint density at radius 2 is 2.05 bits per heavy atom. The first kappa shape index (κ1) is 15.4. The van der Waals surface area contributed by atoms with E-state index in [0.717, 1.165) is 33.4 Å². The number of H-pyrrole nitrogens is 1. The van der Waals surface area contributed by atoms with Gasteiger partial charge >= 0.3 is 0 Å². The smallest absolute Gasteiger partial charge is 0.166 e. The summed E-state index contributed by atoms with van der Waals surface area (Å²) < 4.78 is 0. The van der Waals surface area contributed by atoms with Crippen molar-refractivity contribution in [3.63, 3.8) is 0 Å². The van der Waals surface area contributed by atoms with E-state index < -0.39 is 0 Å². The lowest BCUT2D eigenvalue weighted by Crippen LogP contribution is -2.02. The number of pyridine rings is 1. The molecular formula is C16H18N4S2. The van der Waals surface area contributed by atoms with Gasteiger partial charge in [0.05, 0.1) is 16.7 Å². The summed E-state index contributed by atoms with van der Waals surface area (Å²) in [4.78, 5) is 13.7. The molecule has 0 saturated carbocycles. The molecule has 0 aliphatic carbocycles. The van der Waals surface area contributed by atoms with Crippen LogP contribution in [0.1, 0.15) is 11.3 Å². The second kappa shape index (κ2) is 7.17. The summed E-state index contributed by atoms with van der Waals surface area (Å²) >= 11 is 3.47. The number of hydrogen-bond acceptors (Lipinski definition) is 5. The fourth-order valence-corrected chi connectivity index (χ4v) is 3.90. The zero-order chi connectivity index (χ0) is 15.4. The van der Waals surface area contributed by atoms with Gasteiger partial charge in [-0.05, 0) is 30.7 Å². The molecule has 2 aromatic heterocycles. The number of nitrogens with two attached hydrogens (primary N) is 1. The minimum absolute atomic E-state index is 0.690. The summed E-state index contributed by atoms with van der Waals surface area (Å²) in [5, 5.41) is 0.933. The average molecular weight is 330 g/mol. The van der Waals surface area contributed by atoms with Gasteiger partial charge in [-0.25, -0.2) is 4.98 Å². The van der Waals surface area contributed by atoms with E-state index in [2.05, 4.69) is 27.9 Å². The predicted octanol–water partition coefficient (Wildman–Crippen LogP) is 3.61. The molecule has 0 spiro atoms. The van der Waals surface area contributed by atoms with Gasteiger partial charge in [0.1, 0.15) is 0 Å². The molecule has 0 fully saturated rings. The first-order chi connectivity index (χ1) is 10.8. The minimum Gasteiger partial charge on any atom is -0.333 e. The number of fused-ring (bicyclic) bond motifs is 1. The minimum atomic E-state index is 0.690. The SMILES string of the molecule is Cc1c(SCCN)ccnc1CSc1nc2ccccc2[nH]1. The zero-order valence-electron chi connectivity index (χ0n) is 12.4. The highest BCUT2D eigenvalue weighted by Crippen LogP contribution is 2.28. The molecule has 0 radical (unpaired) electrons. The van der Waals surface area contributed by atoms with E-state index in [1.165, 1.54) is 10.5 Å². The van der Waals surface area contributed by atoms with Crippen LogP contribution in [0.15, 0.2) is 46.6 Å². The highest BCUT2D eigenvalue weighted by molar-refractivity contribution is 7.99. The summed E-state index contributed by atoms with van der Waals surface area (Å²) in [6.07, 6.45) is 1.88. The van der Waals surface area contributed by atoms with Crippen molar-refractivity contribution in [3.05, 3.63) is 47.8 Å². The lowest BCUT2D eigenvalue weighted by atomic mass is 10.2.